The first-order valence-electron chi connectivity index (χ1n) is 9.53. The maximum absolute atomic E-state index is 13.2. The van der Waals surface area contributed by atoms with E-state index in [-0.39, 0.29) is 5.65 Å². The highest BCUT2D eigenvalue weighted by molar-refractivity contribution is 8.00. The Morgan fingerprint density at radius 1 is 1.03 bits per heavy atom. The fraction of sp³-hybridized carbons (Fsp3) is 0.300. The highest BCUT2D eigenvalue weighted by Gasteiger charge is 2.33. The van der Waals surface area contributed by atoms with Crippen LogP contribution in [-0.4, -0.2) is 43.3 Å². The minimum atomic E-state index is -4.48. The third kappa shape index (κ3) is 3.61. The molecule has 5 heterocycles. The molecule has 0 unspecified atom stereocenters. The molecule has 0 saturated carbocycles. The van der Waals surface area contributed by atoms with Gasteiger partial charge in [-0.1, -0.05) is 0 Å². The van der Waals surface area contributed by atoms with Crippen LogP contribution in [-0.2, 0) is 6.18 Å². The molecule has 5 rings (SSSR count). The van der Waals surface area contributed by atoms with Crippen LogP contribution in [0.1, 0.15) is 18.5 Å². The Labute approximate surface area is 173 Å². The van der Waals surface area contributed by atoms with Crippen molar-refractivity contribution in [2.45, 2.75) is 29.3 Å². The van der Waals surface area contributed by atoms with E-state index in [2.05, 4.69) is 25.3 Å². The number of pyridine rings is 2. The van der Waals surface area contributed by atoms with Crippen molar-refractivity contribution >= 4 is 33.7 Å². The van der Waals surface area contributed by atoms with E-state index in [1.807, 2.05) is 6.07 Å². The summed E-state index contributed by atoms with van der Waals surface area (Å²) in [6, 6.07) is 4.59. The van der Waals surface area contributed by atoms with Crippen molar-refractivity contribution < 1.29 is 13.2 Å². The maximum atomic E-state index is 13.2. The van der Waals surface area contributed by atoms with Gasteiger partial charge >= 0.3 is 6.18 Å². The summed E-state index contributed by atoms with van der Waals surface area (Å²) >= 11 is 1.70. The summed E-state index contributed by atoms with van der Waals surface area (Å²) in [4.78, 5) is 19.9. The van der Waals surface area contributed by atoms with E-state index in [9.17, 15) is 13.2 Å². The van der Waals surface area contributed by atoms with Gasteiger partial charge in [0, 0.05) is 34.0 Å². The standard InChI is InChI=1S/C20H17F3N6S/c21-20(22,23)16-9-14-12(4-8-26-17(14)28-16)18-27-15-10-25-7-3-13(15)19(29-18)30-11-1-5-24-6-2-11/h3-4,7-11,24H,1-2,5-6H2,(H,26,28). The average Bonchev–Trinajstić information content (AvgIpc) is 3.19. The SMILES string of the molecule is FC(F)(F)c1cc2c(-c3nc(SC4CCNCC4)c4ccncc4n3)ccnc2[nH]1. The van der Waals surface area contributed by atoms with Crippen molar-refractivity contribution in [3.8, 4) is 11.4 Å². The first-order chi connectivity index (χ1) is 14.5. The largest absolute Gasteiger partial charge is 0.431 e. The van der Waals surface area contributed by atoms with Crippen LogP contribution < -0.4 is 5.32 Å². The lowest BCUT2D eigenvalue weighted by Gasteiger charge is -2.22. The molecular weight excluding hydrogens is 413 g/mol. The summed E-state index contributed by atoms with van der Waals surface area (Å²) < 4.78 is 39.6. The summed E-state index contributed by atoms with van der Waals surface area (Å²) in [5.74, 6) is 0.368. The van der Waals surface area contributed by atoms with E-state index in [1.165, 1.54) is 6.20 Å². The molecule has 2 N–H and O–H groups in total. The molecule has 1 fully saturated rings. The van der Waals surface area contributed by atoms with E-state index in [0.717, 1.165) is 42.4 Å². The van der Waals surface area contributed by atoms with Gasteiger partial charge in [-0.2, -0.15) is 13.2 Å². The molecule has 0 bridgehead atoms. The zero-order valence-electron chi connectivity index (χ0n) is 15.7. The van der Waals surface area contributed by atoms with E-state index >= 15 is 0 Å². The Morgan fingerprint density at radius 2 is 1.87 bits per heavy atom. The topological polar surface area (TPSA) is 79.4 Å². The molecule has 10 heteroatoms. The molecule has 0 amide bonds. The smallest absolute Gasteiger partial charge is 0.336 e. The fourth-order valence-electron chi connectivity index (χ4n) is 3.61. The lowest BCUT2D eigenvalue weighted by molar-refractivity contribution is -0.140. The molecule has 1 aliphatic rings. The molecule has 0 aromatic carbocycles. The second-order valence-corrected chi connectivity index (χ2v) is 8.40. The van der Waals surface area contributed by atoms with Crippen molar-refractivity contribution in [1.29, 1.82) is 0 Å². The summed E-state index contributed by atoms with van der Waals surface area (Å²) in [5, 5.41) is 5.83. The van der Waals surface area contributed by atoms with E-state index in [1.54, 1.807) is 30.2 Å². The Balaban J connectivity index is 1.65. The number of nitrogens with one attached hydrogen (secondary N) is 2. The molecule has 0 radical (unpaired) electrons. The number of halogens is 3. The number of H-pyrrole nitrogens is 1. The van der Waals surface area contributed by atoms with Gasteiger partial charge in [0.2, 0.25) is 0 Å². The molecule has 1 saturated heterocycles. The Kier molecular flexibility index (Phi) is 4.82. The van der Waals surface area contributed by atoms with Crippen LogP contribution in [0.5, 0.6) is 0 Å². The monoisotopic (exact) mass is 430 g/mol. The van der Waals surface area contributed by atoms with Crippen molar-refractivity contribution in [1.82, 2.24) is 30.2 Å². The fourth-order valence-corrected chi connectivity index (χ4v) is 4.83. The maximum Gasteiger partial charge on any atom is 0.431 e. The van der Waals surface area contributed by atoms with Gasteiger partial charge in [-0.15, -0.1) is 11.8 Å². The van der Waals surface area contributed by atoms with Crippen LogP contribution in [0.15, 0.2) is 41.8 Å². The number of aromatic nitrogens is 5. The molecule has 0 spiro atoms. The molecule has 4 aromatic heterocycles. The summed E-state index contributed by atoms with van der Waals surface area (Å²) in [7, 11) is 0. The first-order valence-corrected chi connectivity index (χ1v) is 10.4. The Bertz CT molecular complexity index is 1220. The number of thioether (sulfide) groups is 1. The van der Waals surface area contributed by atoms with Crippen LogP contribution in [0, 0.1) is 0 Å². The molecule has 1 aliphatic heterocycles. The van der Waals surface area contributed by atoms with Crippen molar-refractivity contribution in [2.75, 3.05) is 13.1 Å². The molecule has 154 valence electrons. The zero-order chi connectivity index (χ0) is 20.7. The van der Waals surface area contributed by atoms with Gasteiger partial charge in [0.15, 0.2) is 5.82 Å². The van der Waals surface area contributed by atoms with E-state index < -0.39 is 11.9 Å². The minimum absolute atomic E-state index is 0.155. The Morgan fingerprint density at radius 3 is 2.67 bits per heavy atom. The number of piperidine rings is 1. The number of fused-ring (bicyclic) bond motifs is 2. The predicted molar refractivity (Wildman–Crippen MR) is 109 cm³/mol. The minimum Gasteiger partial charge on any atom is -0.336 e. The van der Waals surface area contributed by atoms with Gasteiger partial charge < -0.3 is 10.3 Å². The second kappa shape index (κ2) is 7.51. The van der Waals surface area contributed by atoms with Crippen molar-refractivity contribution in [3.63, 3.8) is 0 Å². The highest BCUT2D eigenvalue weighted by Crippen LogP contribution is 2.36. The zero-order valence-corrected chi connectivity index (χ0v) is 16.5. The lowest BCUT2D eigenvalue weighted by Crippen LogP contribution is -2.29. The van der Waals surface area contributed by atoms with Crippen LogP contribution in [0.25, 0.3) is 33.3 Å². The van der Waals surface area contributed by atoms with Crippen molar-refractivity contribution in [2.24, 2.45) is 0 Å². The first kappa shape index (κ1) is 19.3. The summed E-state index contributed by atoms with van der Waals surface area (Å²) in [5.41, 5.74) is 0.478. The van der Waals surface area contributed by atoms with Gasteiger partial charge in [0.05, 0.1) is 11.7 Å². The Hall–Kier alpha value is -2.72. The quantitative estimate of drug-likeness (QED) is 0.468. The van der Waals surface area contributed by atoms with Gasteiger partial charge in [-0.25, -0.2) is 15.0 Å². The van der Waals surface area contributed by atoms with Gasteiger partial charge in [0.25, 0.3) is 0 Å². The highest BCUT2D eigenvalue weighted by atomic mass is 32.2. The van der Waals surface area contributed by atoms with Crippen LogP contribution in [0.4, 0.5) is 13.2 Å². The molecule has 30 heavy (non-hydrogen) atoms. The molecule has 0 aliphatic carbocycles. The van der Waals surface area contributed by atoms with Gasteiger partial charge in [-0.05, 0) is 44.1 Å². The average molecular weight is 430 g/mol. The normalized spacial score (nSPS) is 15.8. The molecule has 4 aromatic rings. The van der Waals surface area contributed by atoms with Crippen LogP contribution in [0.3, 0.4) is 0 Å². The predicted octanol–water partition coefficient (Wildman–Crippen LogP) is 4.43. The second-order valence-electron chi connectivity index (χ2n) is 7.11. The van der Waals surface area contributed by atoms with Crippen LogP contribution in [0.2, 0.25) is 0 Å². The van der Waals surface area contributed by atoms with Crippen molar-refractivity contribution in [3.05, 3.63) is 42.5 Å². The molecule has 0 atom stereocenters. The number of alkyl halides is 3. The van der Waals surface area contributed by atoms with E-state index in [0.29, 0.717) is 27.5 Å². The number of hydrogen-bond donors (Lipinski definition) is 2. The molecular formula is C20H17F3N6S. The number of aromatic amines is 1. The summed E-state index contributed by atoms with van der Waals surface area (Å²) in [6.07, 6.45) is 2.40. The third-order valence-electron chi connectivity index (χ3n) is 5.11. The number of hydrogen-bond acceptors (Lipinski definition) is 6. The third-order valence-corrected chi connectivity index (χ3v) is 6.45. The van der Waals surface area contributed by atoms with E-state index in [4.69, 9.17) is 4.98 Å². The van der Waals surface area contributed by atoms with Crippen LogP contribution >= 0.6 is 11.8 Å². The summed E-state index contributed by atoms with van der Waals surface area (Å²) in [6.45, 7) is 1.92. The molecule has 6 nitrogen and oxygen atoms in total. The van der Waals surface area contributed by atoms with Gasteiger partial charge in [-0.3, -0.25) is 4.98 Å². The lowest BCUT2D eigenvalue weighted by atomic mass is 10.1. The number of rotatable bonds is 3. The number of nitrogens with zero attached hydrogens (tertiary/aromatic N) is 4. The van der Waals surface area contributed by atoms with Gasteiger partial charge in [0.1, 0.15) is 16.4 Å².